The lowest BCUT2D eigenvalue weighted by Crippen LogP contribution is -1.98. The van der Waals surface area contributed by atoms with Crippen LogP contribution >= 0.6 is 11.6 Å². The van der Waals surface area contributed by atoms with Crippen molar-refractivity contribution in [2.24, 2.45) is 0 Å². The zero-order valence-electron chi connectivity index (χ0n) is 8.57. The van der Waals surface area contributed by atoms with Gasteiger partial charge in [0.15, 0.2) is 0 Å². The lowest BCUT2D eigenvalue weighted by Gasteiger charge is -2.14. The van der Waals surface area contributed by atoms with Gasteiger partial charge in [-0.15, -0.1) is 11.6 Å². The van der Waals surface area contributed by atoms with Gasteiger partial charge in [0.25, 0.3) is 0 Å². The second-order valence-corrected chi connectivity index (χ2v) is 3.55. The Morgan fingerprint density at radius 1 is 1.23 bits per heavy atom. The van der Waals surface area contributed by atoms with Crippen LogP contribution < -0.4 is 4.74 Å². The normalized spacial score (nSPS) is 10.2. The quantitative estimate of drug-likeness (QED) is 0.663. The smallest absolute Gasteiger partial charge is 0.126 e. The number of hydrogen-bond acceptors (Lipinski definition) is 1. The van der Waals surface area contributed by atoms with Gasteiger partial charge in [-0.25, -0.2) is 0 Å². The molecule has 0 fully saturated rings. The van der Waals surface area contributed by atoms with Gasteiger partial charge in [0.2, 0.25) is 0 Å². The zero-order chi connectivity index (χ0) is 10.0. The van der Waals surface area contributed by atoms with Crippen LogP contribution in [0.3, 0.4) is 0 Å². The number of halogens is 1. The van der Waals surface area contributed by atoms with Gasteiger partial charge in [0.05, 0.1) is 13.0 Å². The fourth-order valence-corrected chi connectivity index (χ4v) is 1.88. The highest BCUT2D eigenvalue weighted by Crippen LogP contribution is 2.30. The molecule has 0 unspecified atom stereocenters. The molecule has 0 amide bonds. The van der Waals surface area contributed by atoms with Crippen molar-refractivity contribution >= 4 is 11.6 Å². The maximum Gasteiger partial charge on any atom is 0.126 e. The van der Waals surface area contributed by atoms with E-state index in [1.165, 1.54) is 16.7 Å². The van der Waals surface area contributed by atoms with Crippen LogP contribution in [0.4, 0.5) is 0 Å². The number of ether oxygens (including phenoxy) is 1. The number of alkyl halides is 1. The second kappa shape index (κ2) is 4.01. The maximum atomic E-state index is 5.86. The molecule has 13 heavy (non-hydrogen) atoms. The van der Waals surface area contributed by atoms with E-state index in [-0.39, 0.29) is 0 Å². The molecule has 0 radical (unpaired) electrons. The molecule has 0 N–H and O–H groups in total. The molecule has 0 aliphatic rings. The Labute approximate surface area is 84.7 Å². The molecule has 0 bridgehead atoms. The molecule has 72 valence electrons. The Hall–Kier alpha value is -0.690. The first kappa shape index (κ1) is 10.4. The van der Waals surface area contributed by atoms with E-state index in [0.29, 0.717) is 5.88 Å². The summed E-state index contributed by atoms with van der Waals surface area (Å²) in [6.07, 6.45) is 0. The maximum absolute atomic E-state index is 5.86. The van der Waals surface area contributed by atoms with Crippen LogP contribution in [0.25, 0.3) is 0 Å². The third-order valence-corrected chi connectivity index (χ3v) is 2.72. The summed E-state index contributed by atoms with van der Waals surface area (Å²) in [5, 5.41) is 0. The highest BCUT2D eigenvalue weighted by atomic mass is 35.5. The molecule has 1 rings (SSSR count). The van der Waals surface area contributed by atoms with Crippen molar-refractivity contribution < 1.29 is 4.74 Å². The van der Waals surface area contributed by atoms with Gasteiger partial charge in [-0.1, -0.05) is 6.07 Å². The summed E-state index contributed by atoms with van der Waals surface area (Å²) in [7, 11) is 1.69. The Kier molecular flexibility index (Phi) is 3.21. The third kappa shape index (κ3) is 1.80. The largest absolute Gasteiger partial charge is 0.496 e. The fourth-order valence-electron chi connectivity index (χ4n) is 1.55. The molecule has 0 atom stereocenters. The van der Waals surface area contributed by atoms with E-state index in [9.17, 15) is 0 Å². The summed E-state index contributed by atoms with van der Waals surface area (Å²) >= 11 is 5.86. The monoisotopic (exact) mass is 198 g/mol. The first-order valence-corrected chi connectivity index (χ1v) is 4.85. The Morgan fingerprint density at radius 2 is 1.85 bits per heavy atom. The van der Waals surface area contributed by atoms with Crippen LogP contribution in [0.5, 0.6) is 5.75 Å². The van der Waals surface area contributed by atoms with Crippen LogP contribution in [0.1, 0.15) is 22.3 Å². The van der Waals surface area contributed by atoms with E-state index in [4.69, 9.17) is 16.3 Å². The summed E-state index contributed by atoms with van der Waals surface area (Å²) in [5.41, 5.74) is 4.74. The van der Waals surface area contributed by atoms with Crippen molar-refractivity contribution in [2.45, 2.75) is 26.7 Å². The molecular weight excluding hydrogens is 184 g/mol. The molecule has 0 aliphatic carbocycles. The second-order valence-electron chi connectivity index (χ2n) is 3.28. The van der Waals surface area contributed by atoms with Crippen LogP contribution in [-0.4, -0.2) is 7.11 Å². The first-order chi connectivity index (χ1) is 6.11. The number of benzene rings is 1. The van der Waals surface area contributed by atoms with Crippen LogP contribution in [-0.2, 0) is 5.88 Å². The summed E-state index contributed by atoms with van der Waals surface area (Å²) in [6, 6.07) is 2.15. The molecule has 0 aliphatic heterocycles. The van der Waals surface area contributed by atoms with Crippen molar-refractivity contribution in [1.82, 2.24) is 0 Å². The van der Waals surface area contributed by atoms with Gasteiger partial charge in [-0.05, 0) is 37.5 Å². The van der Waals surface area contributed by atoms with Crippen LogP contribution in [0.15, 0.2) is 6.07 Å². The molecule has 0 aromatic heterocycles. The average molecular weight is 199 g/mol. The molecule has 0 spiro atoms. The zero-order valence-corrected chi connectivity index (χ0v) is 9.33. The van der Waals surface area contributed by atoms with Gasteiger partial charge < -0.3 is 4.74 Å². The van der Waals surface area contributed by atoms with Gasteiger partial charge in [0, 0.05) is 5.56 Å². The standard InChI is InChI=1S/C11H15ClO/c1-7-5-8(2)10(6-12)11(13-4)9(7)3/h5H,6H2,1-4H3. The van der Waals surface area contributed by atoms with Crippen molar-refractivity contribution in [3.8, 4) is 5.75 Å². The Balaban J connectivity index is 3.41. The Bertz CT molecular complexity index is 318. The van der Waals surface area contributed by atoms with Gasteiger partial charge >= 0.3 is 0 Å². The molecule has 0 saturated heterocycles. The topological polar surface area (TPSA) is 9.23 Å². The number of rotatable bonds is 2. The number of aryl methyl sites for hydroxylation is 2. The van der Waals surface area contributed by atoms with E-state index < -0.39 is 0 Å². The van der Waals surface area contributed by atoms with E-state index in [0.717, 1.165) is 11.3 Å². The predicted molar refractivity (Wildman–Crippen MR) is 56.8 cm³/mol. The van der Waals surface area contributed by atoms with Crippen LogP contribution in [0.2, 0.25) is 0 Å². The van der Waals surface area contributed by atoms with E-state index in [2.05, 4.69) is 26.8 Å². The summed E-state index contributed by atoms with van der Waals surface area (Å²) < 4.78 is 5.34. The molecular formula is C11H15ClO. The van der Waals surface area contributed by atoms with Gasteiger partial charge in [-0.2, -0.15) is 0 Å². The van der Waals surface area contributed by atoms with Crippen LogP contribution in [0, 0.1) is 20.8 Å². The fraction of sp³-hybridized carbons (Fsp3) is 0.455. The minimum Gasteiger partial charge on any atom is -0.496 e. The average Bonchev–Trinajstić information content (AvgIpc) is 2.10. The molecule has 0 saturated carbocycles. The molecule has 0 heterocycles. The Morgan fingerprint density at radius 3 is 2.31 bits per heavy atom. The molecule has 2 heteroatoms. The lowest BCUT2D eigenvalue weighted by molar-refractivity contribution is 0.407. The molecule has 1 aromatic rings. The minimum absolute atomic E-state index is 0.510. The van der Waals surface area contributed by atoms with Crippen molar-refractivity contribution in [2.75, 3.05) is 7.11 Å². The minimum atomic E-state index is 0.510. The van der Waals surface area contributed by atoms with E-state index >= 15 is 0 Å². The summed E-state index contributed by atoms with van der Waals surface area (Å²) in [4.78, 5) is 0. The highest BCUT2D eigenvalue weighted by Gasteiger charge is 2.10. The highest BCUT2D eigenvalue weighted by molar-refractivity contribution is 6.17. The predicted octanol–water partition coefficient (Wildman–Crippen LogP) is 3.36. The number of methoxy groups -OCH3 is 1. The SMILES string of the molecule is COc1c(C)c(C)cc(C)c1CCl. The van der Waals surface area contributed by atoms with Gasteiger partial charge in [0.1, 0.15) is 5.75 Å². The first-order valence-electron chi connectivity index (χ1n) is 4.31. The molecule has 1 aromatic carbocycles. The van der Waals surface area contributed by atoms with Gasteiger partial charge in [-0.3, -0.25) is 0 Å². The van der Waals surface area contributed by atoms with Crippen molar-refractivity contribution in [3.05, 3.63) is 28.3 Å². The van der Waals surface area contributed by atoms with Crippen molar-refractivity contribution in [1.29, 1.82) is 0 Å². The molecule has 1 nitrogen and oxygen atoms in total. The third-order valence-electron chi connectivity index (χ3n) is 2.45. The van der Waals surface area contributed by atoms with E-state index in [1.54, 1.807) is 7.11 Å². The summed E-state index contributed by atoms with van der Waals surface area (Å²) in [6.45, 7) is 6.21. The number of hydrogen-bond donors (Lipinski definition) is 0. The lowest BCUT2D eigenvalue weighted by atomic mass is 10.0. The summed E-state index contributed by atoms with van der Waals surface area (Å²) in [5.74, 6) is 1.45. The van der Waals surface area contributed by atoms with E-state index in [1.807, 2.05) is 0 Å². The van der Waals surface area contributed by atoms with Crippen molar-refractivity contribution in [3.63, 3.8) is 0 Å².